The molecule has 112 valence electrons. The van der Waals surface area contributed by atoms with Crippen molar-refractivity contribution in [3.63, 3.8) is 0 Å². The Hall–Kier alpha value is -2.06. The highest BCUT2D eigenvalue weighted by molar-refractivity contribution is 5.75. The topological polar surface area (TPSA) is 62.6 Å². The summed E-state index contributed by atoms with van der Waals surface area (Å²) in [6.45, 7) is 5.32. The molecule has 1 aliphatic rings. The van der Waals surface area contributed by atoms with E-state index in [1.54, 1.807) is 6.92 Å². The van der Waals surface area contributed by atoms with Gasteiger partial charge in [-0.1, -0.05) is 12.1 Å². The van der Waals surface area contributed by atoms with Crippen LogP contribution in [0.15, 0.2) is 24.3 Å². The molecule has 0 N–H and O–H groups in total. The molecule has 0 radical (unpaired) electrons. The fourth-order valence-corrected chi connectivity index (χ4v) is 2.32. The Morgan fingerprint density at radius 3 is 2.62 bits per heavy atom. The number of carbonyl (C=O) groups excluding carboxylic acids is 1. The second-order valence-electron chi connectivity index (χ2n) is 4.90. The van der Waals surface area contributed by atoms with Crippen molar-refractivity contribution in [2.45, 2.75) is 13.3 Å². The summed E-state index contributed by atoms with van der Waals surface area (Å²) in [5.41, 5.74) is 2.11. The lowest BCUT2D eigenvalue weighted by Gasteiger charge is -2.29. The van der Waals surface area contributed by atoms with Gasteiger partial charge in [-0.25, -0.2) is 0 Å². The highest BCUT2D eigenvalue weighted by atomic mass is 16.5. The van der Waals surface area contributed by atoms with Crippen LogP contribution < -0.4 is 4.90 Å². The molecule has 0 saturated carbocycles. The standard InChI is InChI=1S/C16H20N2O3/c1-2-21-16(19)14(12-17)11-13-3-5-15(6-4-13)18-7-9-20-10-8-18/h3-6,14H,2,7-11H2,1H3. The van der Waals surface area contributed by atoms with Crippen molar-refractivity contribution in [1.29, 1.82) is 5.26 Å². The first-order valence-corrected chi connectivity index (χ1v) is 7.22. The molecule has 2 rings (SSSR count). The van der Waals surface area contributed by atoms with Crippen molar-refractivity contribution < 1.29 is 14.3 Å². The number of rotatable bonds is 5. The van der Waals surface area contributed by atoms with Crippen LogP contribution in [-0.2, 0) is 20.7 Å². The van der Waals surface area contributed by atoms with Gasteiger partial charge in [-0.3, -0.25) is 4.79 Å². The highest BCUT2D eigenvalue weighted by Crippen LogP contribution is 2.18. The van der Waals surface area contributed by atoms with Gasteiger partial charge >= 0.3 is 5.97 Å². The molecule has 1 aliphatic heterocycles. The van der Waals surface area contributed by atoms with Crippen molar-refractivity contribution in [3.8, 4) is 6.07 Å². The molecular weight excluding hydrogens is 268 g/mol. The van der Waals surface area contributed by atoms with E-state index >= 15 is 0 Å². The summed E-state index contributed by atoms with van der Waals surface area (Å²) in [4.78, 5) is 13.9. The molecule has 5 heteroatoms. The van der Waals surface area contributed by atoms with Crippen LogP contribution in [0.2, 0.25) is 0 Å². The van der Waals surface area contributed by atoms with Crippen LogP contribution in [0.3, 0.4) is 0 Å². The predicted molar refractivity (Wildman–Crippen MR) is 78.9 cm³/mol. The number of nitriles is 1. The zero-order chi connectivity index (χ0) is 15.1. The Labute approximate surface area is 125 Å². The minimum Gasteiger partial charge on any atom is -0.465 e. The summed E-state index contributed by atoms with van der Waals surface area (Å²) in [7, 11) is 0. The van der Waals surface area contributed by atoms with E-state index in [1.165, 1.54) is 0 Å². The van der Waals surface area contributed by atoms with Gasteiger partial charge in [-0.2, -0.15) is 5.26 Å². The van der Waals surface area contributed by atoms with Crippen LogP contribution in [0, 0.1) is 17.2 Å². The van der Waals surface area contributed by atoms with Gasteiger partial charge in [0.2, 0.25) is 0 Å². The van der Waals surface area contributed by atoms with E-state index in [1.807, 2.05) is 30.3 Å². The summed E-state index contributed by atoms with van der Waals surface area (Å²) in [5.74, 6) is -1.18. The van der Waals surface area contributed by atoms with E-state index in [2.05, 4.69) is 4.90 Å². The molecule has 0 amide bonds. The fourth-order valence-electron chi connectivity index (χ4n) is 2.32. The highest BCUT2D eigenvalue weighted by Gasteiger charge is 2.19. The Balaban J connectivity index is 1.98. The zero-order valence-electron chi connectivity index (χ0n) is 12.2. The van der Waals surface area contributed by atoms with Crippen molar-refractivity contribution >= 4 is 11.7 Å². The van der Waals surface area contributed by atoms with Gasteiger partial charge in [-0.05, 0) is 31.0 Å². The lowest BCUT2D eigenvalue weighted by Crippen LogP contribution is -2.36. The number of ether oxygens (including phenoxy) is 2. The van der Waals surface area contributed by atoms with E-state index < -0.39 is 11.9 Å². The van der Waals surface area contributed by atoms with Crippen molar-refractivity contribution in [3.05, 3.63) is 29.8 Å². The number of hydrogen-bond donors (Lipinski definition) is 0. The summed E-state index contributed by atoms with van der Waals surface area (Å²) in [6.07, 6.45) is 0.388. The predicted octanol–water partition coefficient (Wildman–Crippen LogP) is 1.77. The third-order valence-electron chi connectivity index (χ3n) is 3.48. The normalized spacial score (nSPS) is 16.1. The second-order valence-corrected chi connectivity index (χ2v) is 4.90. The van der Waals surface area contributed by atoms with Crippen LogP contribution in [0.25, 0.3) is 0 Å². The number of hydrogen-bond acceptors (Lipinski definition) is 5. The first-order valence-electron chi connectivity index (χ1n) is 7.22. The minimum absolute atomic E-state index is 0.299. The molecule has 0 spiro atoms. The quantitative estimate of drug-likeness (QED) is 0.773. The Morgan fingerprint density at radius 1 is 1.38 bits per heavy atom. The maximum atomic E-state index is 11.6. The maximum Gasteiger partial charge on any atom is 0.323 e. The van der Waals surface area contributed by atoms with Crippen molar-refractivity contribution in [2.24, 2.45) is 5.92 Å². The number of carbonyl (C=O) groups is 1. The molecule has 1 saturated heterocycles. The number of nitrogens with zero attached hydrogens (tertiary/aromatic N) is 2. The van der Waals surface area contributed by atoms with Gasteiger partial charge in [-0.15, -0.1) is 0 Å². The summed E-state index contributed by atoms with van der Waals surface area (Å²) < 4.78 is 10.2. The van der Waals surface area contributed by atoms with Crippen LogP contribution in [-0.4, -0.2) is 38.9 Å². The SMILES string of the molecule is CCOC(=O)C(C#N)Cc1ccc(N2CCOCC2)cc1. The van der Waals surface area contributed by atoms with Crippen molar-refractivity contribution in [1.82, 2.24) is 0 Å². The zero-order valence-corrected chi connectivity index (χ0v) is 12.2. The summed E-state index contributed by atoms with van der Waals surface area (Å²) in [5, 5.41) is 9.07. The molecule has 1 fully saturated rings. The molecule has 1 heterocycles. The lowest BCUT2D eigenvalue weighted by molar-refractivity contribution is -0.145. The van der Waals surface area contributed by atoms with E-state index in [0.29, 0.717) is 13.0 Å². The molecular formula is C16H20N2O3. The second kappa shape index (κ2) is 7.65. The number of morpholine rings is 1. The molecule has 0 aliphatic carbocycles. The molecule has 1 aromatic rings. The minimum atomic E-state index is -0.737. The number of esters is 1. The van der Waals surface area contributed by atoms with Gasteiger partial charge in [0, 0.05) is 18.8 Å². The summed E-state index contributed by atoms with van der Waals surface area (Å²) in [6, 6.07) is 10.0. The maximum absolute atomic E-state index is 11.6. The molecule has 1 unspecified atom stereocenters. The average Bonchev–Trinajstić information content (AvgIpc) is 2.54. The van der Waals surface area contributed by atoms with Gasteiger partial charge in [0.25, 0.3) is 0 Å². The van der Waals surface area contributed by atoms with Gasteiger partial charge in [0.1, 0.15) is 5.92 Å². The van der Waals surface area contributed by atoms with Crippen LogP contribution in [0.4, 0.5) is 5.69 Å². The van der Waals surface area contributed by atoms with Gasteiger partial charge < -0.3 is 14.4 Å². The monoisotopic (exact) mass is 288 g/mol. The lowest BCUT2D eigenvalue weighted by atomic mass is 10.0. The third kappa shape index (κ3) is 4.20. The Bertz CT molecular complexity index is 501. The molecule has 0 aromatic heterocycles. The number of benzene rings is 1. The fraction of sp³-hybridized carbons (Fsp3) is 0.500. The Morgan fingerprint density at radius 2 is 2.05 bits per heavy atom. The van der Waals surface area contributed by atoms with Crippen molar-refractivity contribution in [2.75, 3.05) is 37.8 Å². The molecule has 1 atom stereocenters. The van der Waals surface area contributed by atoms with Gasteiger partial charge in [0.05, 0.1) is 25.9 Å². The number of anilines is 1. The first-order chi connectivity index (χ1) is 10.2. The van der Waals surface area contributed by atoms with Gasteiger partial charge in [0.15, 0.2) is 0 Å². The van der Waals surface area contributed by atoms with Crippen LogP contribution in [0.1, 0.15) is 12.5 Å². The Kier molecular flexibility index (Phi) is 5.59. The first kappa shape index (κ1) is 15.3. The van der Waals surface area contributed by atoms with E-state index in [4.69, 9.17) is 14.7 Å². The molecule has 5 nitrogen and oxygen atoms in total. The summed E-state index contributed by atoms with van der Waals surface area (Å²) >= 11 is 0. The van der Waals surface area contributed by atoms with Crippen LogP contribution >= 0.6 is 0 Å². The molecule has 21 heavy (non-hydrogen) atoms. The van der Waals surface area contributed by atoms with E-state index in [-0.39, 0.29) is 0 Å². The molecule has 1 aromatic carbocycles. The third-order valence-corrected chi connectivity index (χ3v) is 3.48. The average molecular weight is 288 g/mol. The van der Waals surface area contributed by atoms with E-state index in [9.17, 15) is 4.79 Å². The van der Waals surface area contributed by atoms with Crippen LogP contribution in [0.5, 0.6) is 0 Å². The smallest absolute Gasteiger partial charge is 0.323 e. The largest absolute Gasteiger partial charge is 0.465 e. The molecule has 0 bridgehead atoms. The van der Waals surface area contributed by atoms with E-state index in [0.717, 1.165) is 37.6 Å².